The van der Waals surface area contributed by atoms with Gasteiger partial charge >= 0.3 is 0 Å². The van der Waals surface area contributed by atoms with Crippen LogP contribution in [0.25, 0.3) is 0 Å². The number of hydrogen-bond donors (Lipinski definition) is 1. The summed E-state index contributed by atoms with van der Waals surface area (Å²) < 4.78 is 5.22. The smallest absolute Gasteiger partial charge is 0.220 e. The fourth-order valence-corrected chi connectivity index (χ4v) is 1.87. The summed E-state index contributed by atoms with van der Waals surface area (Å²) in [7, 11) is 1.70. The third kappa shape index (κ3) is 4.42. The Labute approximate surface area is 90.4 Å². The van der Waals surface area contributed by atoms with Crippen molar-refractivity contribution in [2.45, 2.75) is 51.2 Å². The van der Waals surface area contributed by atoms with Crippen LogP contribution in [0.15, 0.2) is 0 Å². The van der Waals surface area contributed by atoms with Crippen molar-refractivity contribution >= 4 is 11.7 Å². The van der Waals surface area contributed by atoms with Gasteiger partial charge in [-0.15, -0.1) is 0 Å². The van der Waals surface area contributed by atoms with E-state index in [1.165, 1.54) is 6.92 Å². The number of methoxy groups -OCH3 is 1. The molecule has 1 amide bonds. The summed E-state index contributed by atoms with van der Waals surface area (Å²) >= 11 is 0. The molecule has 0 aromatic heterocycles. The van der Waals surface area contributed by atoms with Crippen LogP contribution in [0.4, 0.5) is 0 Å². The Morgan fingerprint density at radius 2 is 2.07 bits per heavy atom. The molecule has 0 aromatic carbocycles. The molecular weight excluding hydrogens is 194 g/mol. The molecule has 0 spiro atoms. The van der Waals surface area contributed by atoms with Crippen LogP contribution in [0.1, 0.15) is 39.0 Å². The van der Waals surface area contributed by atoms with Crippen molar-refractivity contribution in [1.82, 2.24) is 5.32 Å². The fourth-order valence-electron chi connectivity index (χ4n) is 1.87. The number of nitrogens with one attached hydrogen (secondary N) is 1. The molecule has 0 aromatic rings. The molecule has 1 rings (SSSR count). The Morgan fingerprint density at radius 3 is 2.60 bits per heavy atom. The van der Waals surface area contributed by atoms with Crippen LogP contribution in [0.3, 0.4) is 0 Å². The number of ether oxygens (including phenoxy) is 1. The highest BCUT2D eigenvalue weighted by molar-refractivity contribution is 5.83. The van der Waals surface area contributed by atoms with Crippen molar-refractivity contribution in [1.29, 1.82) is 0 Å². The highest BCUT2D eigenvalue weighted by atomic mass is 16.5. The number of hydrogen-bond acceptors (Lipinski definition) is 3. The first kappa shape index (κ1) is 12.2. The first-order chi connectivity index (χ1) is 7.11. The Morgan fingerprint density at radius 1 is 1.33 bits per heavy atom. The number of rotatable bonds is 5. The van der Waals surface area contributed by atoms with Gasteiger partial charge in [0.15, 0.2) is 0 Å². The molecule has 2 atom stereocenters. The first-order valence-corrected chi connectivity index (χ1v) is 5.43. The largest absolute Gasteiger partial charge is 0.381 e. The highest BCUT2D eigenvalue weighted by Gasteiger charge is 2.25. The molecule has 1 fully saturated rings. The summed E-state index contributed by atoms with van der Waals surface area (Å²) in [5, 5.41) is 2.93. The Kier molecular flexibility index (Phi) is 4.75. The van der Waals surface area contributed by atoms with Gasteiger partial charge in [-0.3, -0.25) is 4.79 Å². The zero-order chi connectivity index (χ0) is 11.3. The van der Waals surface area contributed by atoms with Gasteiger partial charge < -0.3 is 14.8 Å². The minimum absolute atomic E-state index is 0.0213. The lowest BCUT2D eigenvalue weighted by Crippen LogP contribution is -2.33. The maximum atomic E-state index is 11.4. The van der Waals surface area contributed by atoms with E-state index in [9.17, 15) is 9.59 Å². The molecule has 0 saturated heterocycles. The topological polar surface area (TPSA) is 55.4 Å². The number of amides is 1. The van der Waals surface area contributed by atoms with Gasteiger partial charge in [0.2, 0.25) is 5.91 Å². The van der Waals surface area contributed by atoms with E-state index < -0.39 is 0 Å². The van der Waals surface area contributed by atoms with Gasteiger partial charge in [-0.1, -0.05) is 0 Å². The molecule has 0 radical (unpaired) electrons. The fraction of sp³-hybridized carbons (Fsp3) is 0.818. The Hall–Kier alpha value is -0.900. The van der Waals surface area contributed by atoms with Crippen molar-refractivity contribution in [2.24, 2.45) is 0 Å². The third-order valence-electron chi connectivity index (χ3n) is 2.79. The van der Waals surface area contributed by atoms with Crippen molar-refractivity contribution < 1.29 is 14.3 Å². The van der Waals surface area contributed by atoms with Gasteiger partial charge in [0.1, 0.15) is 5.78 Å². The minimum atomic E-state index is -0.0213. The van der Waals surface area contributed by atoms with E-state index in [0.29, 0.717) is 12.8 Å². The predicted octanol–water partition coefficient (Wildman–Crippen LogP) is 1.04. The number of carbonyl (C=O) groups excluding carboxylic acids is 2. The van der Waals surface area contributed by atoms with Crippen LogP contribution in [-0.2, 0) is 14.3 Å². The quantitative estimate of drug-likeness (QED) is 0.742. The summed E-state index contributed by atoms with van der Waals surface area (Å²) in [4.78, 5) is 22.1. The van der Waals surface area contributed by atoms with Gasteiger partial charge in [-0.2, -0.15) is 0 Å². The highest BCUT2D eigenvalue weighted by Crippen LogP contribution is 2.21. The second kappa shape index (κ2) is 5.85. The zero-order valence-corrected chi connectivity index (χ0v) is 9.41. The standard InChI is InChI=1S/C11H19NO3/c1-8(13)3-6-11(14)12-9-4-5-10(7-9)15-2/h9-10H,3-7H2,1-2H3,(H,12,14). The van der Waals surface area contributed by atoms with Gasteiger partial charge in [0.25, 0.3) is 0 Å². The molecule has 0 bridgehead atoms. The van der Waals surface area contributed by atoms with Crippen LogP contribution < -0.4 is 5.32 Å². The lowest BCUT2D eigenvalue weighted by atomic mass is 10.2. The van der Waals surface area contributed by atoms with Crippen LogP contribution in [-0.4, -0.2) is 30.9 Å². The van der Waals surface area contributed by atoms with Crippen LogP contribution in [0.2, 0.25) is 0 Å². The van der Waals surface area contributed by atoms with E-state index >= 15 is 0 Å². The van der Waals surface area contributed by atoms with Crippen LogP contribution >= 0.6 is 0 Å². The normalized spacial score (nSPS) is 25.2. The average Bonchev–Trinajstić information content (AvgIpc) is 2.62. The van der Waals surface area contributed by atoms with Crippen LogP contribution in [0, 0.1) is 0 Å². The molecule has 1 N–H and O–H groups in total. The molecule has 1 aliphatic rings. The van der Waals surface area contributed by atoms with Crippen molar-refractivity contribution in [3.05, 3.63) is 0 Å². The Bertz CT molecular complexity index is 240. The van der Waals surface area contributed by atoms with Gasteiger partial charge in [-0.05, 0) is 26.2 Å². The van der Waals surface area contributed by atoms with Crippen molar-refractivity contribution in [2.75, 3.05) is 7.11 Å². The van der Waals surface area contributed by atoms with Gasteiger partial charge in [-0.25, -0.2) is 0 Å². The summed E-state index contributed by atoms with van der Waals surface area (Å²) in [5.41, 5.74) is 0. The lowest BCUT2D eigenvalue weighted by Gasteiger charge is -2.12. The molecule has 86 valence electrons. The van der Waals surface area contributed by atoms with E-state index in [-0.39, 0.29) is 23.8 Å². The molecule has 15 heavy (non-hydrogen) atoms. The van der Waals surface area contributed by atoms with E-state index in [4.69, 9.17) is 4.74 Å². The number of Topliss-reactive ketones (excluding diaryl/α,β-unsaturated/α-hetero) is 1. The van der Waals surface area contributed by atoms with Crippen LogP contribution in [0.5, 0.6) is 0 Å². The van der Waals surface area contributed by atoms with Crippen molar-refractivity contribution in [3.8, 4) is 0 Å². The summed E-state index contributed by atoms with van der Waals surface area (Å²) in [6.07, 6.45) is 3.80. The molecule has 4 nitrogen and oxygen atoms in total. The molecule has 2 unspecified atom stereocenters. The van der Waals surface area contributed by atoms with Crippen molar-refractivity contribution in [3.63, 3.8) is 0 Å². The lowest BCUT2D eigenvalue weighted by molar-refractivity contribution is -0.125. The van der Waals surface area contributed by atoms with Gasteiger partial charge in [0.05, 0.1) is 6.10 Å². The zero-order valence-electron chi connectivity index (χ0n) is 9.41. The molecule has 0 heterocycles. The summed E-state index contributed by atoms with van der Waals surface area (Å²) in [6.45, 7) is 1.50. The summed E-state index contributed by atoms with van der Waals surface area (Å²) in [6, 6.07) is 0.231. The number of carbonyl (C=O) groups is 2. The maximum Gasteiger partial charge on any atom is 0.220 e. The third-order valence-corrected chi connectivity index (χ3v) is 2.79. The maximum absolute atomic E-state index is 11.4. The van der Waals surface area contributed by atoms with E-state index in [2.05, 4.69) is 5.32 Å². The van der Waals surface area contributed by atoms with E-state index in [0.717, 1.165) is 19.3 Å². The Balaban J connectivity index is 2.18. The second-order valence-electron chi connectivity index (χ2n) is 4.14. The molecule has 1 aliphatic carbocycles. The average molecular weight is 213 g/mol. The minimum Gasteiger partial charge on any atom is -0.381 e. The summed E-state index contributed by atoms with van der Waals surface area (Å²) in [5.74, 6) is 0.0401. The second-order valence-corrected chi connectivity index (χ2v) is 4.14. The number of ketones is 1. The molecular formula is C11H19NO3. The molecule has 4 heteroatoms. The van der Waals surface area contributed by atoms with E-state index in [1.807, 2.05) is 0 Å². The molecule has 1 saturated carbocycles. The first-order valence-electron chi connectivity index (χ1n) is 5.43. The SMILES string of the molecule is COC1CCC(NC(=O)CCC(C)=O)C1. The predicted molar refractivity (Wildman–Crippen MR) is 56.5 cm³/mol. The van der Waals surface area contributed by atoms with Gasteiger partial charge in [0, 0.05) is 26.0 Å². The van der Waals surface area contributed by atoms with E-state index in [1.54, 1.807) is 7.11 Å². The molecule has 0 aliphatic heterocycles. The monoisotopic (exact) mass is 213 g/mol.